The number of rotatable bonds is 4. The van der Waals surface area contributed by atoms with E-state index in [1.54, 1.807) is 17.0 Å². The molecule has 4 heteroatoms. The van der Waals surface area contributed by atoms with Crippen molar-refractivity contribution in [2.75, 3.05) is 13.2 Å². The maximum Gasteiger partial charge on any atom is 0.289 e. The first-order valence-corrected chi connectivity index (χ1v) is 5.70. The number of amides is 1. The summed E-state index contributed by atoms with van der Waals surface area (Å²) < 4.78 is 5.32. The molecule has 0 aromatic carbocycles. The van der Waals surface area contributed by atoms with Gasteiger partial charge in [-0.2, -0.15) is 0 Å². The summed E-state index contributed by atoms with van der Waals surface area (Å²) in [5.74, 6) is 1.01. The van der Waals surface area contributed by atoms with Crippen molar-refractivity contribution in [3.05, 3.63) is 23.7 Å². The zero-order valence-corrected chi connectivity index (χ0v) is 9.48. The zero-order chi connectivity index (χ0) is 11.5. The number of nitrogens with zero attached hydrogens (tertiary/aromatic N) is 1. The van der Waals surface area contributed by atoms with Crippen LogP contribution in [-0.4, -0.2) is 35.1 Å². The molecule has 0 atom stereocenters. The van der Waals surface area contributed by atoms with Gasteiger partial charge in [0, 0.05) is 12.6 Å². The number of aliphatic hydroxyl groups is 1. The van der Waals surface area contributed by atoms with Gasteiger partial charge in [-0.25, -0.2) is 0 Å². The number of carbonyl (C=O) groups excluding carboxylic acids is 1. The average molecular weight is 223 g/mol. The second-order valence-electron chi connectivity index (χ2n) is 4.22. The fraction of sp³-hybridized carbons (Fsp3) is 0.583. The molecule has 1 aliphatic carbocycles. The highest BCUT2D eigenvalue weighted by Crippen LogP contribution is 2.26. The van der Waals surface area contributed by atoms with E-state index in [0.717, 1.165) is 25.0 Å². The van der Waals surface area contributed by atoms with Crippen molar-refractivity contribution >= 4 is 5.91 Å². The summed E-state index contributed by atoms with van der Waals surface area (Å²) in [6.45, 7) is 2.21. The van der Waals surface area contributed by atoms with Crippen molar-refractivity contribution in [1.29, 1.82) is 0 Å². The standard InChI is InChI=1S/C12H17NO3/c1-9-5-6-11(16-9)12(15)13(7-8-14)10-3-2-4-10/h5-6,10,14H,2-4,7-8H2,1H3. The molecule has 0 aliphatic heterocycles. The minimum atomic E-state index is -0.105. The number of hydrogen-bond acceptors (Lipinski definition) is 3. The molecule has 0 spiro atoms. The molecule has 1 saturated carbocycles. The number of aryl methyl sites for hydroxylation is 1. The molecular formula is C12H17NO3. The minimum Gasteiger partial charge on any atom is -0.456 e. The lowest BCUT2D eigenvalue weighted by Crippen LogP contribution is -2.45. The van der Waals surface area contributed by atoms with Gasteiger partial charge >= 0.3 is 0 Å². The lowest BCUT2D eigenvalue weighted by Gasteiger charge is -2.36. The Labute approximate surface area is 94.9 Å². The van der Waals surface area contributed by atoms with E-state index in [2.05, 4.69) is 0 Å². The molecule has 1 fully saturated rings. The van der Waals surface area contributed by atoms with Crippen LogP contribution in [0.25, 0.3) is 0 Å². The van der Waals surface area contributed by atoms with E-state index >= 15 is 0 Å². The summed E-state index contributed by atoms with van der Waals surface area (Å²) in [6.07, 6.45) is 3.23. The molecule has 0 saturated heterocycles. The molecule has 1 heterocycles. The molecule has 1 aromatic rings. The van der Waals surface area contributed by atoms with E-state index in [9.17, 15) is 4.79 Å². The van der Waals surface area contributed by atoms with Crippen LogP contribution in [0.3, 0.4) is 0 Å². The number of carbonyl (C=O) groups is 1. The monoisotopic (exact) mass is 223 g/mol. The van der Waals surface area contributed by atoms with Crippen molar-refractivity contribution in [3.63, 3.8) is 0 Å². The first-order valence-electron chi connectivity index (χ1n) is 5.70. The van der Waals surface area contributed by atoms with Gasteiger partial charge in [0.25, 0.3) is 5.91 Å². The van der Waals surface area contributed by atoms with E-state index in [-0.39, 0.29) is 18.6 Å². The van der Waals surface area contributed by atoms with Crippen LogP contribution in [0.15, 0.2) is 16.5 Å². The summed E-state index contributed by atoms with van der Waals surface area (Å²) >= 11 is 0. The van der Waals surface area contributed by atoms with E-state index in [1.165, 1.54) is 0 Å². The van der Waals surface area contributed by atoms with Gasteiger partial charge in [0.05, 0.1) is 6.61 Å². The molecule has 0 unspecified atom stereocenters. The smallest absolute Gasteiger partial charge is 0.289 e. The van der Waals surface area contributed by atoms with Gasteiger partial charge in [0.15, 0.2) is 5.76 Å². The molecule has 0 radical (unpaired) electrons. The molecule has 1 amide bonds. The molecular weight excluding hydrogens is 206 g/mol. The third-order valence-corrected chi connectivity index (χ3v) is 3.07. The maximum absolute atomic E-state index is 12.1. The second kappa shape index (κ2) is 4.70. The first-order chi connectivity index (χ1) is 7.72. The van der Waals surface area contributed by atoms with Gasteiger partial charge in [0.2, 0.25) is 0 Å². The molecule has 0 bridgehead atoms. The van der Waals surface area contributed by atoms with Crippen LogP contribution in [0.2, 0.25) is 0 Å². The van der Waals surface area contributed by atoms with Gasteiger partial charge in [-0.15, -0.1) is 0 Å². The number of aliphatic hydroxyl groups excluding tert-OH is 1. The fourth-order valence-corrected chi connectivity index (χ4v) is 1.95. The Morgan fingerprint density at radius 3 is 2.75 bits per heavy atom. The predicted octanol–water partition coefficient (Wildman–Crippen LogP) is 1.58. The fourth-order valence-electron chi connectivity index (χ4n) is 1.95. The van der Waals surface area contributed by atoms with Crippen LogP contribution in [0.5, 0.6) is 0 Å². The van der Waals surface area contributed by atoms with Crippen LogP contribution in [-0.2, 0) is 0 Å². The Bertz CT molecular complexity index is 368. The molecule has 2 rings (SSSR count). The Kier molecular flexibility index (Phi) is 3.29. The molecule has 4 nitrogen and oxygen atoms in total. The summed E-state index contributed by atoms with van der Waals surface area (Å²) in [6, 6.07) is 3.76. The number of hydrogen-bond donors (Lipinski definition) is 1. The van der Waals surface area contributed by atoms with Crippen molar-refractivity contribution in [2.24, 2.45) is 0 Å². The average Bonchev–Trinajstić information content (AvgIpc) is 2.60. The van der Waals surface area contributed by atoms with E-state index in [0.29, 0.717) is 12.3 Å². The maximum atomic E-state index is 12.1. The minimum absolute atomic E-state index is 0.00192. The quantitative estimate of drug-likeness (QED) is 0.843. The lowest BCUT2D eigenvalue weighted by molar-refractivity contribution is 0.0493. The Morgan fingerprint density at radius 1 is 1.56 bits per heavy atom. The van der Waals surface area contributed by atoms with Crippen LogP contribution < -0.4 is 0 Å². The van der Waals surface area contributed by atoms with Gasteiger partial charge in [-0.1, -0.05) is 0 Å². The summed E-state index contributed by atoms with van der Waals surface area (Å²) in [4.78, 5) is 13.8. The van der Waals surface area contributed by atoms with Crippen molar-refractivity contribution in [2.45, 2.75) is 32.2 Å². The molecule has 1 aliphatic rings. The number of furan rings is 1. The first kappa shape index (κ1) is 11.2. The third kappa shape index (κ3) is 2.11. The molecule has 1 N–H and O–H groups in total. The van der Waals surface area contributed by atoms with Gasteiger partial charge in [-0.05, 0) is 38.3 Å². The van der Waals surface area contributed by atoms with Crippen LogP contribution in [0.4, 0.5) is 0 Å². The Balaban J connectivity index is 2.09. The van der Waals surface area contributed by atoms with Crippen LogP contribution >= 0.6 is 0 Å². The van der Waals surface area contributed by atoms with Crippen molar-refractivity contribution in [3.8, 4) is 0 Å². The second-order valence-corrected chi connectivity index (χ2v) is 4.22. The summed E-state index contributed by atoms with van der Waals surface area (Å²) in [5.41, 5.74) is 0. The Morgan fingerprint density at radius 2 is 2.31 bits per heavy atom. The molecule has 88 valence electrons. The highest BCUT2D eigenvalue weighted by atomic mass is 16.3. The van der Waals surface area contributed by atoms with Crippen molar-refractivity contribution in [1.82, 2.24) is 4.90 Å². The van der Waals surface area contributed by atoms with E-state index < -0.39 is 0 Å². The third-order valence-electron chi connectivity index (χ3n) is 3.07. The van der Waals surface area contributed by atoms with Gasteiger partial charge < -0.3 is 14.4 Å². The molecule has 1 aromatic heterocycles. The Hall–Kier alpha value is -1.29. The van der Waals surface area contributed by atoms with Gasteiger partial charge in [0.1, 0.15) is 5.76 Å². The predicted molar refractivity (Wildman–Crippen MR) is 59.2 cm³/mol. The molecule has 16 heavy (non-hydrogen) atoms. The van der Waals surface area contributed by atoms with Gasteiger partial charge in [-0.3, -0.25) is 4.79 Å². The van der Waals surface area contributed by atoms with Crippen molar-refractivity contribution < 1.29 is 14.3 Å². The zero-order valence-electron chi connectivity index (χ0n) is 9.48. The normalized spacial score (nSPS) is 15.9. The van der Waals surface area contributed by atoms with E-state index in [1.807, 2.05) is 6.92 Å². The summed E-state index contributed by atoms with van der Waals surface area (Å²) in [5, 5.41) is 8.98. The largest absolute Gasteiger partial charge is 0.456 e. The van der Waals surface area contributed by atoms with E-state index in [4.69, 9.17) is 9.52 Å². The topological polar surface area (TPSA) is 53.7 Å². The highest BCUT2D eigenvalue weighted by Gasteiger charge is 2.30. The highest BCUT2D eigenvalue weighted by molar-refractivity contribution is 5.91. The van der Waals surface area contributed by atoms with Crippen LogP contribution in [0.1, 0.15) is 35.6 Å². The van der Waals surface area contributed by atoms with Crippen LogP contribution in [0, 0.1) is 6.92 Å². The lowest BCUT2D eigenvalue weighted by atomic mass is 9.91. The SMILES string of the molecule is Cc1ccc(C(=O)N(CCO)C2CCC2)o1. The summed E-state index contributed by atoms with van der Waals surface area (Å²) in [7, 11) is 0.